The number of pyridine rings is 2. The molecule has 2 aromatic heterocycles. The fourth-order valence-corrected chi connectivity index (χ4v) is 4.21. The normalized spacial score (nSPS) is 15.2. The van der Waals surface area contributed by atoms with Crippen molar-refractivity contribution in [2.45, 2.75) is 66.0 Å². The van der Waals surface area contributed by atoms with Crippen LogP contribution in [0.25, 0.3) is 0 Å². The van der Waals surface area contributed by atoms with E-state index in [0.29, 0.717) is 25.0 Å². The Morgan fingerprint density at radius 2 is 1.10 bits per heavy atom. The topological polar surface area (TPSA) is 62.7 Å². The zero-order valence-corrected chi connectivity index (χ0v) is 25.6. The first-order valence-corrected chi connectivity index (χ1v) is 14.1. The Morgan fingerprint density at radius 3 is 1.62 bits per heavy atom. The van der Waals surface area contributed by atoms with Crippen molar-refractivity contribution >= 4 is 28.5 Å². The second kappa shape index (κ2) is 13.0. The molecule has 1 saturated heterocycles. The van der Waals surface area contributed by atoms with E-state index in [4.69, 9.17) is 18.8 Å². The molecule has 5 rings (SSSR count). The van der Waals surface area contributed by atoms with Crippen molar-refractivity contribution in [3.05, 3.63) is 112 Å². The summed E-state index contributed by atoms with van der Waals surface area (Å²) >= 11 is 3.42. The van der Waals surface area contributed by atoms with Gasteiger partial charge in [-0.2, -0.15) is 0 Å². The second-order valence-corrected chi connectivity index (χ2v) is 11.6. The minimum absolute atomic E-state index is 0.390. The van der Waals surface area contributed by atoms with Gasteiger partial charge >= 0.3 is 7.12 Å². The van der Waals surface area contributed by atoms with Gasteiger partial charge in [0.25, 0.3) is 0 Å². The summed E-state index contributed by atoms with van der Waals surface area (Å²) < 4.78 is 24.8. The monoisotopic (exact) mass is 602 g/mol. The first-order chi connectivity index (χ1) is 19.0. The average Bonchev–Trinajstić information content (AvgIpc) is 3.15. The Kier molecular flexibility index (Phi) is 9.66. The molecule has 1 fully saturated rings. The van der Waals surface area contributed by atoms with Crippen molar-refractivity contribution in [1.29, 1.82) is 0 Å². The van der Waals surface area contributed by atoms with E-state index in [2.05, 4.69) is 25.9 Å². The van der Waals surface area contributed by atoms with E-state index in [-0.39, 0.29) is 11.2 Å². The SMILES string of the molecule is Cc1ccc(B2OC(C)(C)C(C)(C)O2)c(OCc2ccccc2)n1.Cc1ccc(Br)c(OCc2ccccc2)n1. The van der Waals surface area contributed by atoms with Crippen molar-refractivity contribution in [3.8, 4) is 11.8 Å². The molecular weight excluding hydrogens is 567 g/mol. The quantitative estimate of drug-likeness (QED) is 0.212. The standard InChI is InChI=1S/C19H24BNO3.C13H12BrNO/c1-14-11-12-16(20-23-18(2,3)19(4,5)24-20)17(21-14)22-13-15-9-7-6-8-10-15;1-10-7-8-12(14)13(15-10)16-9-11-5-3-2-4-6-11/h6-12H,13H2,1-5H3;2-8H,9H2,1H3. The minimum Gasteiger partial charge on any atom is -0.473 e. The van der Waals surface area contributed by atoms with Crippen LogP contribution in [0.3, 0.4) is 0 Å². The summed E-state index contributed by atoms with van der Waals surface area (Å²) in [6, 6.07) is 27.9. The summed E-state index contributed by atoms with van der Waals surface area (Å²) in [6.07, 6.45) is 0. The summed E-state index contributed by atoms with van der Waals surface area (Å²) in [6.45, 7) is 13.1. The molecule has 0 unspecified atom stereocenters. The molecule has 0 saturated carbocycles. The maximum atomic E-state index is 6.14. The summed E-state index contributed by atoms with van der Waals surface area (Å²) in [7, 11) is -0.478. The zero-order valence-electron chi connectivity index (χ0n) is 24.0. The summed E-state index contributed by atoms with van der Waals surface area (Å²) in [4.78, 5) is 8.86. The molecule has 0 radical (unpaired) electrons. The van der Waals surface area contributed by atoms with Crippen molar-refractivity contribution < 1.29 is 18.8 Å². The number of benzene rings is 2. The first kappa shape index (κ1) is 29.8. The molecular formula is C32H36BBrN2O4. The van der Waals surface area contributed by atoms with E-state index in [1.165, 1.54) is 0 Å². The molecule has 0 N–H and O–H groups in total. The molecule has 0 spiro atoms. The molecule has 0 bridgehead atoms. The van der Waals surface area contributed by atoms with Crippen LogP contribution in [0, 0.1) is 13.8 Å². The van der Waals surface area contributed by atoms with Crippen LogP contribution in [0.5, 0.6) is 11.8 Å². The van der Waals surface area contributed by atoms with Crippen LogP contribution in [0.1, 0.15) is 50.2 Å². The molecule has 3 heterocycles. The highest BCUT2D eigenvalue weighted by molar-refractivity contribution is 9.10. The van der Waals surface area contributed by atoms with Gasteiger partial charge < -0.3 is 18.8 Å². The smallest absolute Gasteiger partial charge is 0.473 e. The predicted molar refractivity (Wildman–Crippen MR) is 163 cm³/mol. The maximum Gasteiger partial charge on any atom is 0.500 e. The summed E-state index contributed by atoms with van der Waals surface area (Å²) in [5.74, 6) is 1.21. The van der Waals surface area contributed by atoms with E-state index in [1.54, 1.807) is 0 Å². The molecule has 40 heavy (non-hydrogen) atoms. The lowest BCUT2D eigenvalue weighted by Gasteiger charge is -2.32. The van der Waals surface area contributed by atoms with Gasteiger partial charge in [-0.1, -0.05) is 66.7 Å². The highest BCUT2D eigenvalue weighted by Gasteiger charge is 2.52. The van der Waals surface area contributed by atoms with Crippen LogP contribution in [0.15, 0.2) is 89.4 Å². The molecule has 0 amide bonds. The number of hydrogen-bond donors (Lipinski definition) is 0. The molecule has 1 aliphatic rings. The molecule has 0 aliphatic carbocycles. The van der Waals surface area contributed by atoms with Crippen LogP contribution in [-0.2, 0) is 22.5 Å². The predicted octanol–water partition coefficient (Wildman–Crippen LogP) is 7.00. The van der Waals surface area contributed by atoms with Gasteiger partial charge in [0.2, 0.25) is 11.8 Å². The third kappa shape index (κ3) is 7.71. The first-order valence-electron chi connectivity index (χ1n) is 13.3. The molecule has 2 aromatic carbocycles. The molecule has 1 aliphatic heterocycles. The van der Waals surface area contributed by atoms with Gasteiger partial charge in [-0.3, -0.25) is 0 Å². The zero-order chi connectivity index (χ0) is 28.8. The van der Waals surface area contributed by atoms with E-state index in [9.17, 15) is 0 Å². The fourth-order valence-electron chi connectivity index (χ4n) is 3.88. The summed E-state index contributed by atoms with van der Waals surface area (Å²) in [5.41, 5.74) is 4.14. The lowest BCUT2D eigenvalue weighted by Crippen LogP contribution is -2.41. The Hall–Kier alpha value is -3.20. The third-order valence-corrected chi connectivity index (χ3v) is 7.53. The van der Waals surface area contributed by atoms with Gasteiger partial charge in [0.15, 0.2) is 0 Å². The third-order valence-electron chi connectivity index (χ3n) is 6.93. The molecule has 6 nitrogen and oxygen atoms in total. The highest BCUT2D eigenvalue weighted by Crippen LogP contribution is 2.37. The maximum absolute atomic E-state index is 6.14. The Labute approximate surface area is 246 Å². The van der Waals surface area contributed by atoms with Crippen LogP contribution in [-0.4, -0.2) is 28.3 Å². The van der Waals surface area contributed by atoms with Gasteiger partial charge in [-0.25, -0.2) is 9.97 Å². The Morgan fingerprint density at radius 1 is 0.650 bits per heavy atom. The molecule has 208 valence electrons. The van der Waals surface area contributed by atoms with E-state index >= 15 is 0 Å². The lowest BCUT2D eigenvalue weighted by molar-refractivity contribution is 0.00578. The lowest BCUT2D eigenvalue weighted by atomic mass is 9.79. The van der Waals surface area contributed by atoms with Crippen molar-refractivity contribution in [1.82, 2.24) is 9.97 Å². The van der Waals surface area contributed by atoms with Crippen molar-refractivity contribution in [2.75, 3.05) is 0 Å². The Bertz CT molecular complexity index is 1380. The van der Waals surface area contributed by atoms with Crippen molar-refractivity contribution in [2.24, 2.45) is 0 Å². The van der Waals surface area contributed by atoms with Gasteiger partial charge in [-0.05, 0) is 86.8 Å². The molecule has 8 heteroatoms. The van der Waals surface area contributed by atoms with Crippen LogP contribution in [0.2, 0.25) is 0 Å². The number of halogens is 1. The average molecular weight is 603 g/mol. The molecule has 0 atom stereocenters. The number of nitrogens with zero attached hydrogens (tertiary/aromatic N) is 2. The Balaban J connectivity index is 0.000000201. The van der Waals surface area contributed by atoms with E-state index in [0.717, 1.165) is 32.5 Å². The van der Waals surface area contributed by atoms with E-state index in [1.807, 2.05) is 126 Å². The second-order valence-electron chi connectivity index (χ2n) is 10.7. The number of rotatable bonds is 7. The number of ether oxygens (including phenoxy) is 2. The number of aromatic nitrogens is 2. The van der Waals surface area contributed by atoms with Crippen LogP contribution >= 0.6 is 15.9 Å². The highest BCUT2D eigenvalue weighted by atomic mass is 79.9. The van der Waals surface area contributed by atoms with E-state index < -0.39 is 7.12 Å². The van der Waals surface area contributed by atoms with Gasteiger partial charge in [0.05, 0.1) is 15.7 Å². The minimum atomic E-state index is -0.478. The summed E-state index contributed by atoms with van der Waals surface area (Å²) in [5, 5.41) is 0. The van der Waals surface area contributed by atoms with Gasteiger partial charge in [0, 0.05) is 16.9 Å². The van der Waals surface area contributed by atoms with Crippen LogP contribution < -0.4 is 14.9 Å². The fraction of sp³-hybridized carbons (Fsp3) is 0.312. The van der Waals surface area contributed by atoms with Crippen LogP contribution in [0.4, 0.5) is 0 Å². The number of aryl methyl sites for hydroxylation is 2. The largest absolute Gasteiger partial charge is 0.500 e. The van der Waals surface area contributed by atoms with Gasteiger partial charge in [-0.15, -0.1) is 0 Å². The molecule has 4 aromatic rings. The van der Waals surface area contributed by atoms with Gasteiger partial charge in [0.1, 0.15) is 13.2 Å². The van der Waals surface area contributed by atoms with Crippen molar-refractivity contribution in [3.63, 3.8) is 0 Å². The number of hydrogen-bond acceptors (Lipinski definition) is 6.